The van der Waals surface area contributed by atoms with E-state index in [4.69, 9.17) is 9.72 Å². The maximum absolute atomic E-state index is 12.7. The van der Waals surface area contributed by atoms with Gasteiger partial charge in [-0.15, -0.1) is 0 Å². The zero-order chi connectivity index (χ0) is 21.8. The summed E-state index contributed by atoms with van der Waals surface area (Å²) in [4.78, 5) is 9.03. The number of methoxy groups -OCH3 is 1. The van der Waals surface area contributed by atoms with Gasteiger partial charge in [-0.2, -0.15) is 13.2 Å². The predicted octanol–water partition coefficient (Wildman–Crippen LogP) is 5.61. The summed E-state index contributed by atoms with van der Waals surface area (Å²) in [6, 6.07) is 16.8. The number of nitrogens with one attached hydrogen (secondary N) is 1. The molecule has 4 nitrogen and oxygen atoms in total. The number of aromatic nitrogens is 2. The molecule has 0 spiro atoms. The van der Waals surface area contributed by atoms with Crippen LogP contribution < -0.4 is 10.1 Å². The Morgan fingerprint density at radius 1 is 0.968 bits per heavy atom. The molecular formula is C24H20F3N3O. The van der Waals surface area contributed by atoms with Crippen LogP contribution in [0.25, 0.3) is 22.2 Å². The molecule has 2 aromatic carbocycles. The van der Waals surface area contributed by atoms with Gasteiger partial charge < -0.3 is 10.1 Å². The minimum absolute atomic E-state index is 0.436. The van der Waals surface area contributed by atoms with E-state index in [9.17, 15) is 13.2 Å². The number of rotatable bonds is 6. The maximum Gasteiger partial charge on any atom is 0.416 e. The van der Waals surface area contributed by atoms with Crippen LogP contribution in [-0.4, -0.2) is 17.1 Å². The second-order valence-electron chi connectivity index (χ2n) is 7.09. The van der Waals surface area contributed by atoms with Gasteiger partial charge in [-0.05, 0) is 53.6 Å². The van der Waals surface area contributed by atoms with Gasteiger partial charge in [-0.25, -0.2) is 4.98 Å². The van der Waals surface area contributed by atoms with Gasteiger partial charge in [0.25, 0.3) is 0 Å². The molecule has 2 aromatic heterocycles. The number of alkyl halides is 3. The quantitative estimate of drug-likeness (QED) is 0.438. The van der Waals surface area contributed by atoms with Crippen LogP contribution in [0.5, 0.6) is 5.75 Å². The molecular weight excluding hydrogens is 403 g/mol. The number of ether oxygens (including phenoxy) is 1. The Morgan fingerprint density at radius 2 is 1.77 bits per heavy atom. The average Bonchev–Trinajstić information content (AvgIpc) is 2.78. The van der Waals surface area contributed by atoms with E-state index in [2.05, 4.69) is 16.4 Å². The first-order valence-corrected chi connectivity index (χ1v) is 9.69. The Bertz CT molecular complexity index is 1180. The fraction of sp³-hybridized carbons (Fsp3) is 0.167. The summed E-state index contributed by atoms with van der Waals surface area (Å²) >= 11 is 0. The van der Waals surface area contributed by atoms with Crippen molar-refractivity contribution in [2.75, 3.05) is 7.11 Å². The molecule has 0 unspecified atom stereocenters. The van der Waals surface area contributed by atoms with Gasteiger partial charge in [-0.3, -0.25) is 4.98 Å². The highest BCUT2D eigenvalue weighted by atomic mass is 19.4. The first kappa shape index (κ1) is 20.8. The van der Waals surface area contributed by atoms with E-state index in [1.807, 2.05) is 30.3 Å². The maximum atomic E-state index is 12.7. The standard InChI is InChI=1S/C24H20F3N3O/c1-31-21-9-6-17-11-19(23(30-22(17)12-21)18-3-2-10-28-14-18)15-29-13-16-4-7-20(8-5-16)24(25,26)27/h2-12,14,29H,13,15H2,1H3. The van der Waals surface area contributed by atoms with Gasteiger partial charge in [0.15, 0.2) is 0 Å². The van der Waals surface area contributed by atoms with Crippen LogP contribution in [0, 0.1) is 0 Å². The molecule has 0 fully saturated rings. The molecule has 0 saturated carbocycles. The van der Waals surface area contributed by atoms with Crippen LogP contribution in [0.1, 0.15) is 16.7 Å². The molecule has 158 valence electrons. The fourth-order valence-electron chi connectivity index (χ4n) is 3.36. The number of benzene rings is 2. The molecule has 4 aromatic rings. The molecule has 4 rings (SSSR count). The van der Waals surface area contributed by atoms with Crippen LogP contribution in [0.3, 0.4) is 0 Å². The first-order valence-electron chi connectivity index (χ1n) is 9.69. The molecule has 31 heavy (non-hydrogen) atoms. The monoisotopic (exact) mass is 423 g/mol. The molecule has 7 heteroatoms. The molecule has 1 N–H and O–H groups in total. The van der Waals surface area contributed by atoms with Crippen LogP contribution >= 0.6 is 0 Å². The summed E-state index contributed by atoms with van der Waals surface area (Å²) in [5, 5.41) is 4.28. The van der Waals surface area contributed by atoms with Gasteiger partial charge in [0.2, 0.25) is 0 Å². The number of hydrogen-bond acceptors (Lipinski definition) is 4. The van der Waals surface area contributed by atoms with E-state index in [1.165, 1.54) is 12.1 Å². The van der Waals surface area contributed by atoms with Crippen molar-refractivity contribution >= 4 is 10.9 Å². The van der Waals surface area contributed by atoms with Gasteiger partial charge in [-0.1, -0.05) is 12.1 Å². The summed E-state index contributed by atoms with van der Waals surface area (Å²) in [6.07, 6.45) is -0.867. The Hall–Kier alpha value is -3.45. The van der Waals surface area contributed by atoms with Crippen LogP contribution in [0.2, 0.25) is 0 Å². The van der Waals surface area contributed by atoms with Crippen molar-refractivity contribution in [3.05, 3.63) is 89.7 Å². The van der Waals surface area contributed by atoms with Crippen LogP contribution in [-0.2, 0) is 19.3 Å². The smallest absolute Gasteiger partial charge is 0.416 e. The second kappa shape index (κ2) is 8.73. The van der Waals surface area contributed by atoms with Crippen LogP contribution in [0.15, 0.2) is 73.1 Å². The Morgan fingerprint density at radius 3 is 2.45 bits per heavy atom. The lowest BCUT2D eigenvalue weighted by Gasteiger charge is -2.13. The van der Waals surface area contributed by atoms with E-state index < -0.39 is 11.7 Å². The van der Waals surface area contributed by atoms with E-state index in [0.29, 0.717) is 13.1 Å². The predicted molar refractivity (Wildman–Crippen MR) is 114 cm³/mol. The zero-order valence-corrected chi connectivity index (χ0v) is 16.8. The average molecular weight is 423 g/mol. The Balaban J connectivity index is 1.58. The first-order chi connectivity index (χ1) is 14.9. The normalized spacial score (nSPS) is 11.6. The molecule has 0 radical (unpaired) electrons. The number of hydrogen-bond donors (Lipinski definition) is 1. The SMILES string of the molecule is COc1ccc2cc(CNCc3ccc(C(F)(F)F)cc3)c(-c3cccnc3)nc2c1. The summed E-state index contributed by atoms with van der Waals surface area (Å²) in [6.45, 7) is 0.936. The zero-order valence-electron chi connectivity index (χ0n) is 16.8. The second-order valence-corrected chi connectivity index (χ2v) is 7.09. The van der Waals surface area contributed by atoms with Gasteiger partial charge >= 0.3 is 6.18 Å². The number of fused-ring (bicyclic) bond motifs is 1. The third kappa shape index (κ3) is 4.83. The molecule has 0 aliphatic carbocycles. The lowest BCUT2D eigenvalue weighted by molar-refractivity contribution is -0.137. The molecule has 0 aliphatic rings. The number of pyridine rings is 2. The number of halogens is 3. The summed E-state index contributed by atoms with van der Waals surface area (Å²) < 4.78 is 43.5. The highest BCUT2D eigenvalue weighted by molar-refractivity contribution is 5.84. The van der Waals surface area contributed by atoms with E-state index in [0.717, 1.165) is 51.2 Å². The lowest BCUT2D eigenvalue weighted by atomic mass is 10.0. The Labute approximate surface area is 177 Å². The summed E-state index contributed by atoms with van der Waals surface area (Å²) in [7, 11) is 1.61. The minimum Gasteiger partial charge on any atom is -0.497 e. The van der Waals surface area contributed by atoms with Crippen molar-refractivity contribution in [1.82, 2.24) is 15.3 Å². The van der Waals surface area contributed by atoms with Crippen molar-refractivity contribution < 1.29 is 17.9 Å². The van der Waals surface area contributed by atoms with Crippen molar-refractivity contribution in [3.8, 4) is 17.0 Å². The fourth-order valence-corrected chi connectivity index (χ4v) is 3.36. The topological polar surface area (TPSA) is 47.0 Å². The molecule has 0 bridgehead atoms. The van der Waals surface area contributed by atoms with E-state index >= 15 is 0 Å². The van der Waals surface area contributed by atoms with Crippen molar-refractivity contribution in [3.63, 3.8) is 0 Å². The largest absolute Gasteiger partial charge is 0.497 e. The Kier molecular flexibility index (Phi) is 5.86. The minimum atomic E-state index is -4.33. The molecule has 0 atom stereocenters. The van der Waals surface area contributed by atoms with Gasteiger partial charge in [0.05, 0.1) is 23.9 Å². The third-order valence-electron chi connectivity index (χ3n) is 4.96. The van der Waals surface area contributed by atoms with E-state index in [1.54, 1.807) is 19.5 Å². The van der Waals surface area contributed by atoms with Crippen molar-refractivity contribution in [1.29, 1.82) is 0 Å². The summed E-state index contributed by atoms with van der Waals surface area (Å²) in [5.41, 5.74) is 3.59. The lowest BCUT2D eigenvalue weighted by Crippen LogP contribution is -2.14. The number of nitrogens with zero attached hydrogens (tertiary/aromatic N) is 2. The van der Waals surface area contributed by atoms with Gasteiger partial charge in [0.1, 0.15) is 5.75 Å². The van der Waals surface area contributed by atoms with Crippen molar-refractivity contribution in [2.45, 2.75) is 19.3 Å². The summed E-state index contributed by atoms with van der Waals surface area (Å²) in [5.74, 6) is 0.727. The molecule has 0 saturated heterocycles. The molecule has 2 heterocycles. The van der Waals surface area contributed by atoms with E-state index in [-0.39, 0.29) is 0 Å². The highest BCUT2D eigenvalue weighted by Crippen LogP contribution is 2.29. The van der Waals surface area contributed by atoms with Crippen molar-refractivity contribution in [2.24, 2.45) is 0 Å². The van der Waals surface area contributed by atoms with Crippen LogP contribution in [0.4, 0.5) is 13.2 Å². The van der Waals surface area contributed by atoms with Gasteiger partial charge in [0, 0.05) is 42.5 Å². The molecule has 0 aliphatic heterocycles. The third-order valence-corrected chi connectivity index (χ3v) is 4.96. The highest BCUT2D eigenvalue weighted by Gasteiger charge is 2.29. The molecule has 0 amide bonds.